The van der Waals surface area contributed by atoms with Crippen LogP contribution in [-0.2, 0) is 15.9 Å². The van der Waals surface area contributed by atoms with Crippen LogP contribution in [0, 0.1) is 0 Å². The zero-order valence-corrected chi connectivity index (χ0v) is 18.0. The lowest BCUT2D eigenvalue weighted by Crippen LogP contribution is -2.16. The van der Waals surface area contributed by atoms with Crippen LogP contribution in [0.2, 0.25) is 0 Å². The Labute approximate surface area is 175 Å². The number of hydrogen-bond acceptors (Lipinski definition) is 5. The Morgan fingerprint density at radius 1 is 1.07 bits per heavy atom. The molecule has 5 heteroatoms. The number of ether oxygens (including phenoxy) is 2. The van der Waals surface area contributed by atoms with Crippen LogP contribution < -0.4 is 0 Å². The van der Waals surface area contributed by atoms with Crippen LogP contribution in [0.1, 0.15) is 75.2 Å². The van der Waals surface area contributed by atoms with Gasteiger partial charge in [0, 0.05) is 25.7 Å². The number of allylic oxidation sites excluding steroid dienone is 3. The van der Waals surface area contributed by atoms with Gasteiger partial charge in [-0.05, 0) is 57.6 Å². The van der Waals surface area contributed by atoms with Crippen molar-refractivity contribution in [2.75, 3.05) is 13.2 Å². The highest BCUT2D eigenvalue weighted by atomic mass is 16.5. The predicted molar refractivity (Wildman–Crippen MR) is 117 cm³/mol. The van der Waals surface area contributed by atoms with E-state index in [1.807, 2.05) is 19.9 Å². The maximum atomic E-state index is 12.3. The smallest absolute Gasteiger partial charge is 0.342 e. The zero-order valence-electron chi connectivity index (χ0n) is 18.0. The van der Waals surface area contributed by atoms with Crippen LogP contribution in [0.15, 0.2) is 36.4 Å². The number of fused-ring (bicyclic) bond motifs is 1. The lowest BCUT2D eigenvalue weighted by atomic mass is 10.0. The first kappa shape index (κ1) is 24.8. The van der Waals surface area contributed by atoms with Gasteiger partial charge in [-0.1, -0.05) is 37.6 Å². The normalized spacial score (nSPS) is 19.7. The summed E-state index contributed by atoms with van der Waals surface area (Å²) < 4.78 is 10.5. The molecule has 0 bridgehead atoms. The fourth-order valence-electron chi connectivity index (χ4n) is 2.86. The summed E-state index contributed by atoms with van der Waals surface area (Å²) in [7, 11) is 0. The number of carbonyl (C=O) groups is 1. The van der Waals surface area contributed by atoms with Gasteiger partial charge in [-0.15, -0.1) is 0 Å². The number of phenolic OH excluding ortho intramolecular Hbond substituents is 2. The van der Waals surface area contributed by atoms with Gasteiger partial charge in [0.25, 0.3) is 0 Å². The molecule has 0 saturated heterocycles. The van der Waals surface area contributed by atoms with Crippen molar-refractivity contribution < 1.29 is 24.5 Å². The van der Waals surface area contributed by atoms with Crippen LogP contribution in [0.4, 0.5) is 0 Å². The monoisotopic (exact) mass is 404 g/mol. The van der Waals surface area contributed by atoms with Crippen molar-refractivity contribution in [1.82, 2.24) is 0 Å². The SMILES string of the molecule is CC1C/C=C/CC/C=C/CCc2cc(O)cc(O)c2C(=O)O1.CCCCOCC. The molecule has 1 heterocycles. The van der Waals surface area contributed by atoms with Crippen LogP contribution in [0.3, 0.4) is 0 Å². The molecule has 0 aromatic heterocycles. The zero-order chi connectivity index (χ0) is 21.5. The average Bonchev–Trinajstić information content (AvgIpc) is 2.66. The van der Waals surface area contributed by atoms with E-state index in [0.29, 0.717) is 18.4 Å². The number of cyclic esters (lactones) is 1. The number of aromatic hydroxyl groups is 2. The predicted octanol–water partition coefficient (Wildman–Crippen LogP) is 5.70. The minimum absolute atomic E-state index is 0.0508. The van der Waals surface area contributed by atoms with Crippen molar-refractivity contribution in [2.24, 2.45) is 0 Å². The molecule has 1 unspecified atom stereocenters. The molecule has 2 rings (SSSR count). The van der Waals surface area contributed by atoms with E-state index in [0.717, 1.165) is 32.5 Å². The fraction of sp³-hybridized carbons (Fsp3) is 0.542. The molecule has 5 nitrogen and oxygen atoms in total. The van der Waals surface area contributed by atoms with Gasteiger partial charge >= 0.3 is 5.97 Å². The third-order valence-electron chi connectivity index (χ3n) is 4.42. The van der Waals surface area contributed by atoms with Gasteiger partial charge in [0.1, 0.15) is 23.2 Å². The van der Waals surface area contributed by atoms with Crippen LogP contribution in [0.25, 0.3) is 0 Å². The van der Waals surface area contributed by atoms with E-state index in [-0.39, 0.29) is 23.2 Å². The van der Waals surface area contributed by atoms with Crippen molar-refractivity contribution in [3.63, 3.8) is 0 Å². The van der Waals surface area contributed by atoms with Crippen LogP contribution >= 0.6 is 0 Å². The molecule has 0 saturated carbocycles. The summed E-state index contributed by atoms with van der Waals surface area (Å²) in [6, 6.07) is 2.68. The molecule has 1 aliphatic rings. The third kappa shape index (κ3) is 10.2. The van der Waals surface area contributed by atoms with Gasteiger partial charge in [0.2, 0.25) is 0 Å². The van der Waals surface area contributed by atoms with Gasteiger partial charge in [0.15, 0.2) is 0 Å². The summed E-state index contributed by atoms with van der Waals surface area (Å²) in [5.41, 5.74) is 0.756. The quantitative estimate of drug-likeness (QED) is 0.383. The summed E-state index contributed by atoms with van der Waals surface area (Å²) in [5.74, 6) is -0.835. The fourth-order valence-corrected chi connectivity index (χ4v) is 2.86. The number of phenols is 2. The maximum Gasteiger partial charge on any atom is 0.342 e. The minimum atomic E-state index is -0.547. The molecule has 2 N–H and O–H groups in total. The summed E-state index contributed by atoms with van der Waals surface area (Å²) in [5, 5.41) is 19.6. The van der Waals surface area contributed by atoms with Crippen LogP contribution in [-0.4, -0.2) is 35.5 Å². The summed E-state index contributed by atoms with van der Waals surface area (Å²) in [6.07, 6.45) is 14.3. The van der Waals surface area contributed by atoms with Gasteiger partial charge in [-0.25, -0.2) is 4.79 Å². The molecule has 0 aliphatic carbocycles. The van der Waals surface area contributed by atoms with E-state index in [9.17, 15) is 15.0 Å². The van der Waals surface area contributed by atoms with E-state index in [1.54, 1.807) is 0 Å². The highest BCUT2D eigenvalue weighted by molar-refractivity contribution is 5.94. The summed E-state index contributed by atoms with van der Waals surface area (Å²) >= 11 is 0. The highest BCUT2D eigenvalue weighted by Crippen LogP contribution is 2.29. The summed E-state index contributed by atoms with van der Waals surface area (Å²) in [6.45, 7) is 7.81. The van der Waals surface area contributed by atoms with E-state index in [1.165, 1.54) is 25.0 Å². The molecule has 0 fully saturated rings. The van der Waals surface area contributed by atoms with Crippen LogP contribution in [0.5, 0.6) is 11.5 Å². The van der Waals surface area contributed by atoms with Crippen molar-refractivity contribution in [3.05, 3.63) is 47.6 Å². The number of benzene rings is 1. The molecule has 1 atom stereocenters. The second-order valence-corrected chi connectivity index (χ2v) is 7.06. The second kappa shape index (κ2) is 14.7. The summed E-state index contributed by atoms with van der Waals surface area (Å²) in [4.78, 5) is 12.3. The van der Waals surface area contributed by atoms with Crippen molar-refractivity contribution in [1.29, 1.82) is 0 Å². The second-order valence-electron chi connectivity index (χ2n) is 7.06. The molecule has 0 spiro atoms. The Morgan fingerprint density at radius 2 is 1.76 bits per heavy atom. The van der Waals surface area contributed by atoms with Crippen molar-refractivity contribution in [3.8, 4) is 11.5 Å². The largest absolute Gasteiger partial charge is 0.508 e. The molecular formula is C24H36O5. The van der Waals surface area contributed by atoms with E-state index in [2.05, 4.69) is 25.2 Å². The highest BCUT2D eigenvalue weighted by Gasteiger charge is 2.20. The van der Waals surface area contributed by atoms with E-state index < -0.39 is 5.97 Å². The lowest BCUT2D eigenvalue weighted by Gasteiger charge is -2.15. The lowest BCUT2D eigenvalue weighted by molar-refractivity contribution is 0.0343. The standard InChI is InChI=1S/C18H22O4.C6H14O/c1-13-9-7-5-3-2-4-6-8-10-14-11-15(19)12-16(20)17(14)18(21)22-13;1-3-5-6-7-4-2/h4-7,11-13,19-20H,2-3,8-10H2,1H3;3-6H2,1-2H3/b6-4+,7-5+;. The number of rotatable bonds is 4. The average molecular weight is 405 g/mol. The van der Waals surface area contributed by atoms with Gasteiger partial charge in [-0.2, -0.15) is 0 Å². The molecule has 29 heavy (non-hydrogen) atoms. The molecular weight excluding hydrogens is 368 g/mol. The van der Waals surface area contributed by atoms with Gasteiger partial charge < -0.3 is 19.7 Å². The Morgan fingerprint density at radius 3 is 2.45 bits per heavy atom. The van der Waals surface area contributed by atoms with E-state index >= 15 is 0 Å². The number of esters is 1. The molecule has 162 valence electrons. The molecule has 0 radical (unpaired) electrons. The molecule has 0 amide bonds. The molecule has 1 aromatic rings. The first-order valence-electron chi connectivity index (χ1n) is 10.6. The van der Waals surface area contributed by atoms with E-state index in [4.69, 9.17) is 9.47 Å². The minimum Gasteiger partial charge on any atom is -0.508 e. The third-order valence-corrected chi connectivity index (χ3v) is 4.42. The Balaban J connectivity index is 0.000000516. The number of aryl methyl sites for hydroxylation is 1. The molecule has 1 aliphatic heterocycles. The Kier molecular flexibility index (Phi) is 12.5. The maximum absolute atomic E-state index is 12.3. The number of unbranched alkanes of at least 4 members (excludes halogenated alkanes) is 1. The van der Waals surface area contributed by atoms with Gasteiger partial charge in [0.05, 0.1) is 0 Å². The number of hydrogen-bond donors (Lipinski definition) is 2. The van der Waals surface area contributed by atoms with Crippen molar-refractivity contribution in [2.45, 2.75) is 71.8 Å². The Hall–Kier alpha value is -2.27. The molecule has 1 aromatic carbocycles. The van der Waals surface area contributed by atoms with Crippen molar-refractivity contribution >= 4 is 5.97 Å². The first-order valence-corrected chi connectivity index (χ1v) is 10.6. The number of carbonyl (C=O) groups excluding carboxylic acids is 1. The Bertz CT molecular complexity index is 659. The van der Waals surface area contributed by atoms with Gasteiger partial charge in [-0.3, -0.25) is 0 Å². The first-order chi connectivity index (χ1) is 14.0. The topological polar surface area (TPSA) is 76.0 Å².